The molecule has 1 unspecified atom stereocenters. The molecule has 0 amide bonds. The Labute approximate surface area is 477 Å². The van der Waals surface area contributed by atoms with Crippen LogP contribution in [0.5, 0.6) is 0 Å². The molecule has 0 aliphatic heterocycles. The van der Waals surface area contributed by atoms with Crippen LogP contribution < -0.4 is 0 Å². The van der Waals surface area contributed by atoms with E-state index in [-0.39, 0.29) is 31.1 Å². The fourth-order valence-electron chi connectivity index (χ4n) is 9.18. The molecule has 0 radical (unpaired) electrons. The number of rotatable bonds is 59. The molecule has 0 aliphatic rings. The van der Waals surface area contributed by atoms with Crippen molar-refractivity contribution < 1.29 is 28.6 Å². The summed E-state index contributed by atoms with van der Waals surface area (Å²) in [5.41, 5.74) is 0. The molecule has 0 heterocycles. The zero-order valence-electron chi connectivity index (χ0n) is 50.7. The van der Waals surface area contributed by atoms with E-state index in [0.29, 0.717) is 19.3 Å². The zero-order chi connectivity index (χ0) is 55.7. The maximum atomic E-state index is 12.9. The minimum absolute atomic E-state index is 0.0842. The van der Waals surface area contributed by atoms with Gasteiger partial charge in [-0.05, 0) is 103 Å². The molecule has 0 rings (SSSR count). The van der Waals surface area contributed by atoms with Gasteiger partial charge in [-0.1, -0.05) is 291 Å². The van der Waals surface area contributed by atoms with Gasteiger partial charge in [0.25, 0.3) is 0 Å². The molecule has 0 N–H and O–H groups in total. The Morgan fingerprint density at radius 1 is 0.273 bits per heavy atom. The van der Waals surface area contributed by atoms with Gasteiger partial charge in [-0.15, -0.1) is 0 Å². The van der Waals surface area contributed by atoms with Crippen LogP contribution in [0.4, 0.5) is 0 Å². The highest BCUT2D eigenvalue weighted by molar-refractivity contribution is 5.71. The number of carbonyl (C=O) groups is 3. The van der Waals surface area contributed by atoms with E-state index in [2.05, 4.69) is 118 Å². The van der Waals surface area contributed by atoms with Crippen LogP contribution in [0.2, 0.25) is 0 Å². The van der Waals surface area contributed by atoms with Gasteiger partial charge >= 0.3 is 17.9 Å². The fraction of sp³-hybridized carbons (Fsp3) is 0.732. The highest BCUT2D eigenvalue weighted by Gasteiger charge is 2.19. The van der Waals surface area contributed by atoms with Crippen LogP contribution >= 0.6 is 0 Å². The Morgan fingerprint density at radius 3 is 0.818 bits per heavy atom. The van der Waals surface area contributed by atoms with Crippen LogP contribution in [0.3, 0.4) is 0 Å². The van der Waals surface area contributed by atoms with Gasteiger partial charge in [0, 0.05) is 19.3 Å². The van der Waals surface area contributed by atoms with E-state index in [1.807, 2.05) is 0 Å². The van der Waals surface area contributed by atoms with E-state index in [4.69, 9.17) is 14.2 Å². The molecule has 6 heteroatoms. The first-order valence-electron chi connectivity index (χ1n) is 32.7. The van der Waals surface area contributed by atoms with Crippen LogP contribution in [0.15, 0.2) is 97.2 Å². The number of carbonyl (C=O) groups excluding carboxylic acids is 3. The molecule has 0 aliphatic carbocycles. The van der Waals surface area contributed by atoms with E-state index in [1.165, 1.54) is 154 Å². The Bertz CT molecular complexity index is 1510. The van der Waals surface area contributed by atoms with Gasteiger partial charge < -0.3 is 14.2 Å². The van der Waals surface area contributed by atoms with Crippen molar-refractivity contribution in [2.75, 3.05) is 13.2 Å². The maximum Gasteiger partial charge on any atom is 0.306 e. The van der Waals surface area contributed by atoms with Crippen LogP contribution in [0, 0.1) is 0 Å². The number of hydrogen-bond donors (Lipinski definition) is 0. The second-order valence-corrected chi connectivity index (χ2v) is 21.6. The van der Waals surface area contributed by atoms with Crippen LogP contribution in [-0.4, -0.2) is 37.2 Å². The highest BCUT2D eigenvalue weighted by Crippen LogP contribution is 2.16. The summed E-state index contributed by atoms with van der Waals surface area (Å²) in [5.74, 6) is -0.895. The molecule has 6 nitrogen and oxygen atoms in total. The number of hydrogen-bond acceptors (Lipinski definition) is 6. The van der Waals surface area contributed by atoms with Gasteiger partial charge in [-0.2, -0.15) is 0 Å². The molecule has 0 spiro atoms. The first-order chi connectivity index (χ1) is 38.0. The van der Waals surface area contributed by atoms with Crippen molar-refractivity contribution in [3.8, 4) is 0 Å². The average molecular weight is 1070 g/mol. The van der Waals surface area contributed by atoms with E-state index < -0.39 is 6.10 Å². The molecule has 1 atom stereocenters. The van der Waals surface area contributed by atoms with Gasteiger partial charge in [0.2, 0.25) is 0 Å². The standard InChI is InChI=1S/C71H122O6/c1-4-7-10-13-16-19-22-25-28-31-33-34-35-36-38-40-43-46-49-52-55-58-61-64-70(73)76-67-68(66-75-69(72)63-60-57-54-51-48-45-42-39-30-27-24-21-18-15-12-9-6-3)77-71(74)65-62-59-56-53-50-47-44-41-37-32-29-26-23-20-17-14-11-8-5-2/h7,10,16-17,19-20,25-26,28-29,33-34,36-38,41,68H,4-6,8-9,11-15,18,21-24,27,30-32,35,39-40,42-67H2,1-3H3/b10-7-,19-16-,20-17-,28-25-,29-26-,34-33-,38-36-,41-37-. The molecule has 0 fully saturated rings. The lowest BCUT2D eigenvalue weighted by Gasteiger charge is -2.18. The smallest absolute Gasteiger partial charge is 0.306 e. The quantitative estimate of drug-likeness (QED) is 0.0261. The molecule has 442 valence electrons. The summed E-state index contributed by atoms with van der Waals surface area (Å²) < 4.78 is 16.9. The van der Waals surface area contributed by atoms with Gasteiger partial charge in [-0.25, -0.2) is 0 Å². The van der Waals surface area contributed by atoms with Crippen molar-refractivity contribution in [1.29, 1.82) is 0 Å². The number of esters is 3. The summed E-state index contributed by atoms with van der Waals surface area (Å²) in [7, 11) is 0. The summed E-state index contributed by atoms with van der Waals surface area (Å²) in [4.78, 5) is 38.4. The van der Waals surface area contributed by atoms with Crippen molar-refractivity contribution >= 4 is 17.9 Å². The van der Waals surface area contributed by atoms with E-state index in [0.717, 1.165) is 122 Å². The van der Waals surface area contributed by atoms with Gasteiger partial charge in [0.05, 0.1) is 0 Å². The Balaban J connectivity index is 4.41. The van der Waals surface area contributed by atoms with Crippen LogP contribution in [0.1, 0.15) is 316 Å². The topological polar surface area (TPSA) is 78.9 Å². The van der Waals surface area contributed by atoms with Crippen molar-refractivity contribution in [1.82, 2.24) is 0 Å². The molecular formula is C71H122O6. The van der Waals surface area contributed by atoms with Crippen LogP contribution in [0.25, 0.3) is 0 Å². The van der Waals surface area contributed by atoms with E-state index in [9.17, 15) is 14.4 Å². The lowest BCUT2D eigenvalue weighted by atomic mass is 10.0. The normalized spacial score (nSPS) is 12.7. The lowest BCUT2D eigenvalue weighted by Crippen LogP contribution is -2.30. The Kier molecular flexibility index (Phi) is 61.8. The van der Waals surface area contributed by atoms with Gasteiger partial charge in [-0.3, -0.25) is 14.4 Å². The first-order valence-corrected chi connectivity index (χ1v) is 32.7. The summed E-state index contributed by atoms with van der Waals surface area (Å²) in [6, 6.07) is 0. The number of unbranched alkanes of at least 4 members (excludes halogenated alkanes) is 32. The van der Waals surface area contributed by atoms with Crippen molar-refractivity contribution in [3.05, 3.63) is 97.2 Å². The highest BCUT2D eigenvalue weighted by atomic mass is 16.6. The molecule has 77 heavy (non-hydrogen) atoms. The summed E-state index contributed by atoms with van der Waals surface area (Å²) in [6.45, 7) is 6.52. The molecule has 0 saturated carbocycles. The van der Waals surface area contributed by atoms with Gasteiger partial charge in [0.15, 0.2) is 6.10 Å². The van der Waals surface area contributed by atoms with Gasteiger partial charge in [0.1, 0.15) is 13.2 Å². The molecule has 0 aromatic carbocycles. The summed E-state index contributed by atoms with van der Waals surface area (Å²) in [5, 5.41) is 0. The monoisotopic (exact) mass is 1070 g/mol. The number of allylic oxidation sites excluding steroid dienone is 16. The lowest BCUT2D eigenvalue weighted by molar-refractivity contribution is -0.167. The molecule has 0 aromatic rings. The fourth-order valence-corrected chi connectivity index (χ4v) is 9.18. The Hall–Kier alpha value is -3.67. The predicted octanol–water partition coefficient (Wildman–Crippen LogP) is 22.4. The molecular weight excluding hydrogens is 949 g/mol. The third-order valence-electron chi connectivity index (χ3n) is 14.1. The van der Waals surface area contributed by atoms with E-state index >= 15 is 0 Å². The summed E-state index contributed by atoms with van der Waals surface area (Å²) in [6.07, 6.45) is 86.9. The molecule has 0 bridgehead atoms. The first kappa shape index (κ1) is 73.3. The maximum absolute atomic E-state index is 12.9. The number of ether oxygens (including phenoxy) is 3. The minimum Gasteiger partial charge on any atom is -0.462 e. The van der Waals surface area contributed by atoms with Crippen molar-refractivity contribution in [2.24, 2.45) is 0 Å². The molecule has 0 aromatic heterocycles. The second-order valence-electron chi connectivity index (χ2n) is 21.6. The van der Waals surface area contributed by atoms with E-state index in [1.54, 1.807) is 0 Å². The third-order valence-corrected chi connectivity index (χ3v) is 14.1. The summed E-state index contributed by atoms with van der Waals surface area (Å²) >= 11 is 0. The minimum atomic E-state index is -0.790. The van der Waals surface area contributed by atoms with Crippen molar-refractivity contribution in [2.45, 2.75) is 322 Å². The zero-order valence-corrected chi connectivity index (χ0v) is 50.7. The average Bonchev–Trinajstić information content (AvgIpc) is 3.43. The predicted molar refractivity (Wildman–Crippen MR) is 334 cm³/mol. The Morgan fingerprint density at radius 2 is 0.506 bits per heavy atom. The largest absolute Gasteiger partial charge is 0.462 e. The molecule has 0 saturated heterocycles. The third kappa shape index (κ3) is 63.0. The second kappa shape index (κ2) is 64.9. The van der Waals surface area contributed by atoms with Crippen LogP contribution in [-0.2, 0) is 28.6 Å². The SMILES string of the molecule is CC/C=C\C/C=C\C/C=C\C/C=C\C/C=C\CCCCCCCCCC(=O)OCC(COC(=O)CCCCCCCCCCCCCCCCCCC)OC(=O)CCCCCCCC/C=C\C/C=C\C/C=C\CCCCC. The van der Waals surface area contributed by atoms with Crippen molar-refractivity contribution in [3.63, 3.8) is 0 Å².